The molecule has 1 unspecified atom stereocenters. The largest absolute Gasteiger partial charge is 0.494 e. The van der Waals surface area contributed by atoms with Crippen LogP contribution in [0.15, 0.2) is 60.7 Å². The lowest BCUT2D eigenvalue weighted by Gasteiger charge is -2.17. The van der Waals surface area contributed by atoms with Crippen LogP contribution < -0.4 is 14.8 Å². The number of carbonyl (C=O) groups excluding carboxylic acids is 1. The zero-order chi connectivity index (χ0) is 26.4. The van der Waals surface area contributed by atoms with Crippen molar-refractivity contribution >= 4 is 16.9 Å². The van der Waals surface area contributed by atoms with Gasteiger partial charge in [-0.15, -0.1) is 0 Å². The second kappa shape index (κ2) is 12.0. The normalized spacial score (nSPS) is 11.9. The molecule has 6 nitrogen and oxygen atoms in total. The van der Waals surface area contributed by atoms with Gasteiger partial charge in [0.15, 0.2) is 6.61 Å². The fraction of sp³-hybridized carbons (Fsp3) is 0.355. The predicted molar refractivity (Wildman–Crippen MR) is 148 cm³/mol. The highest BCUT2D eigenvalue weighted by Crippen LogP contribution is 2.23. The second-order valence-corrected chi connectivity index (χ2v) is 9.84. The van der Waals surface area contributed by atoms with Gasteiger partial charge in [0.05, 0.1) is 23.7 Å². The molecule has 0 aliphatic carbocycles. The third kappa shape index (κ3) is 6.91. The maximum Gasteiger partial charge on any atom is 0.258 e. The Labute approximate surface area is 219 Å². The van der Waals surface area contributed by atoms with Crippen molar-refractivity contribution in [3.05, 3.63) is 88.7 Å². The Morgan fingerprint density at radius 1 is 0.919 bits per heavy atom. The van der Waals surface area contributed by atoms with Crippen LogP contribution in [-0.4, -0.2) is 28.7 Å². The van der Waals surface area contributed by atoms with Crippen LogP contribution in [0.4, 0.5) is 0 Å². The highest BCUT2D eigenvalue weighted by atomic mass is 16.5. The number of nitrogens with zero attached hydrogens (tertiary/aromatic N) is 2. The van der Waals surface area contributed by atoms with E-state index in [0.717, 1.165) is 58.9 Å². The van der Waals surface area contributed by atoms with E-state index in [1.54, 1.807) is 0 Å². The van der Waals surface area contributed by atoms with E-state index in [2.05, 4.69) is 48.0 Å². The average molecular weight is 500 g/mol. The van der Waals surface area contributed by atoms with Gasteiger partial charge in [-0.3, -0.25) is 4.79 Å². The van der Waals surface area contributed by atoms with Crippen LogP contribution in [0, 0.1) is 27.7 Å². The number of amides is 1. The summed E-state index contributed by atoms with van der Waals surface area (Å²) in [7, 11) is 0. The molecule has 1 aromatic heterocycles. The number of hydrogen-bond acceptors (Lipinski definition) is 4. The van der Waals surface area contributed by atoms with Crippen LogP contribution in [0.1, 0.15) is 53.9 Å². The van der Waals surface area contributed by atoms with Gasteiger partial charge in [0.25, 0.3) is 5.91 Å². The third-order valence-corrected chi connectivity index (χ3v) is 6.39. The van der Waals surface area contributed by atoms with Crippen LogP contribution in [0.2, 0.25) is 0 Å². The quantitative estimate of drug-likeness (QED) is 0.243. The molecule has 194 valence electrons. The number of nitrogens with one attached hydrogen (secondary N) is 1. The fourth-order valence-electron chi connectivity index (χ4n) is 4.59. The maximum atomic E-state index is 12.7. The number of carbonyl (C=O) groups is 1. The lowest BCUT2D eigenvalue weighted by atomic mass is 10.1. The summed E-state index contributed by atoms with van der Waals surface area (Å²) >= 11 is 0. The lowest BCUT2D eigenvalue weighted by Crippen LogP contribution is -2.32. The number of ether oxygens (including phenoxy) is 2. The molecule has 0 radical (unpaired) electrons. The van der Waals surface area contributed by atoms with Gasteiger partial charge in [-0.1, -0.05) is 30.3 Å². The average Bonchev–Trinajstić information content (AvgIpc) is 3.22. The molecule has 0 fully saturated rings. The van der Waals surface area contributed by atoms with Crippen LogP contribution >= 0.6 is 0 Å². The summed E-state index contributed by atoms with van der Waals surface area (Å²) in [6.07, 6.45) is 1.86. The zero-order valence-electron chi connectivity index (χ0n) is 22.5. The molecule has 6 heteroatoms. The fourth-order valence-corrected chi connectivity index (χ4v) is 4.59. The van der Waals surface area contributed by atoms with Crippen molar-refractivity contribution in [1.82, 2.24) is 14.9 Å². The molecular formula is C31H37N3O3. The molecule has 0 aliphatic rings. The van der Waals surface area contributed by atoms with Crippen molar-refractivity contribution in [2.24, 2.45) is 0 Å². The maximum absolute atomic E-state index is 12.7. The molecule has 0 saturated heterocycles. The second-order valence-electron chi connectivity index (χ2n) is 9.84. The molecule has 1 N–H and O–H groups in total. The molecular weight excluding hydrogens is 462 g/mol. The Bertz CT molecular complexity index is 1360. The lowest BCUT2D eigenvalue weighted by molar-refractivity contribution is -0.123. The summed E-state index contributed by atoms with van der Waals surface area (Å²) in [6.45, 7) is 11.5. The van der Waals surface area contributed by atoms with E-state index in [9.17, 15) is 4.79 Å². The molecule has 0 saturated carbocycles. The van der Waals surface area contributed by atoms with Gasteiger partial charge in [0.1, 0.15) is 17.3 Å². The van der Waals surface area contributed by atoms with E-state index in [0.29, 0.717) is 6.61 Å². The van der Waals surface area contributed by atoms with Crippen molar-refractivity contribution in [3.63, 3.8) is 0 Å². The number of aryl methyl sites for hydroxylation is 5. The number of benzene rings is 3. The van der Waals surface area contributed by atoms with Crippen molar-refractivity contribution in [2.45, 2.75) is 60.0 Å². The number of fused-ring (bicyclic) bond motifs is 1. The minimum atomic E-state index is -0.256. The monoisotopic (exact) mass is 499 g/mol. The first-order valence-electron chi connectivity index (χ1n) is 13.0. The van der Waals surface area contributed by atoms with E-state index >= 15 is 0 Å². The Balaban J connectivity index is 1.36. The van der Waals surface area contributed by atoms with Crippen molar-refractivity contribution in [2.75, 3.05) is 13.2 Å². The SMILES string of the molecule is Cc1cc(C)cc(OCCCCn2c(C(C)NC(=O)COc3cc(C)ccc3C)nc3ccccc32)c1. The van der Waals surface area contributed by atoms with Gasteiger partial charge in [0, 0.05) is 6.54 Å². The first-order chi connectivity index (χ1) is 17.8. The summed E-state index contributed by atoms with van der Waals surface area (Å²) in [5.41, 5.74) is 6.52. The number of hydrogen-bond donors (Lipinski definition) is 1. The van der Waals surface area contributed by atoms with Crippen LogP contribution in [-0.2, 0) is 11.3 Å². The number of unbranched alkanes of at least 4 members (excludes halogenated alkanes) is 1. The summed E-state index contributed by atoms with van der Waals surface area (Å²) in [4.78, 5) is 17.6. The predicted octanol–water partition coefficient (Wildman–Crippen LogP) is 6.39. The summed E-state index contributed by atoms with van der Waals surface area (Å²) < 4.78 is 14.0. The van der Waals surface area contributed by atoms with Gasteiger partial charge in [-0.05, 0) is 100 Å². The number of imidazole rings is 1. The molecule has 1 amide bonds. The minimum absolute atomic E-state index is 0.0371. The van der Waals surface area contributed by atoms with E-state index in [-0.39, 0.29) is 18.6 Å². The smallest absolute Gasteiger partial charge is 0.258 e. The molecule has 0 spiro atoms. The molecule has 3 aromatic carbocycles. The van der Waals surface area contributed by atoms with E-state index in [1.165, 1.54) is 11.1 Å². The van der Waals surface area contributed by atoms with Crippen LogP contribution in [0.3, 0.4) is 0 Å². The van der Waals surface area contributed by atoms with Gasteiger partial charge in [-0.2, -0.15) is 0 Å². The van der Waals surface area contributed by atoms with Gasteiger partial charge in [0.2, 0.25) is 0 Å². The molecule has 1 atom stereocenters. The molecule has 0 aliphatic heterocycles. The molecule has 0 bridgehead atoms. The summed E-state index contributed by atoms with van der Waals surface area (Å²) in [5, 5.41) is 3.06. The number of para-hydroxylation sites is 2. The van der Waals surface area contributed by atoms with Crippen molar-refractivity contribution in [1.29, 1.82) is 0 Å². The van der Waals surface area contributed by atoms with Crippen LogP contribution in [0.25, 0.3) is 11.0 Å². The summed E-state index contributed by atoms with van der Waals surface area (Å²) in [6, 6.07) is 20.1. The van der Waals surface area contributed by atoms with Crippen LogP contribution in [0.5, 0.6) is 11.5 Å². The standard InChI is InChI=1S/C31H37N3O3/c1-21-12-13-24(4)29(19-21)37-20-30(35)32-25(5)31-33-27-10-6-7-11-28(27)34(31)14-8-9-15-36-26-17-22(2)16-23(3)18-26/h6-7,10-13,16-19,25H,8-9,14-15,20H2,1-5H3,(H,32,35). The highest BCUT2D eigenvalue weighted by molar-refractivity contribution is 5.79. The first-order valence-corrected chi connectivity index (χ1v) is 13.0. The Morgan fingerprint density at radius 3 is 2.46 bits per heavy atom. The number of aromatic nitrogens is 2. The van der Waals surface area contributed by atoms with Crippen molar-refractivity contribution in [3.8, 4) is 11.5 Å². The van der Waals surface area contributed by atoms with Crippen molar-refractivity contribution < 1.29 is 14.3 Å². The van der Waals surface area contributed by atoms with Gasteiger partial charge < -0.3 is 19.4 Å². The molecule has 1 heterocycles. The van der Waals surface area contributed by atoms with E-state index in [4.69, 9.17) is 14.5 Å². The molecule has 4 rings (SSSR count). The highest BCUT2D eigenvalue weighted by Gasteiger charge is 2.18. The Kier molecular flexibility index (Phi) is 8.49. The van der Waals surface area contributed by atoms with E-state index in [1.807, 2.05) is 57.2 Å². The Hall–Kier alpha value is -3.80. The summed E-state index contributed by atoms with van der Waals surface area (Å²) in [5.74, 6) is 2.33. The molecule has 37 heavy (non-hydrogen) atoms. The van der Waals surface area contributed by atoms with E-state index < -0.39 is 0 Å². The third-order valence-electron chi connectivity index (χ3n) is 6.39. The van der Waals surface area contributed by atoms with Gasteiger partial charge in [-0.25, -0.2) is 4.98 Å². The van der Waals surface area contributed by atoms with Gasteiger partial charge >= 0.3 is 0 Å². The minimum Gasteiger partial charge on any atom is -0.494 e. The topological polar surface area (TPSA) is 65.4 Å². The molecule has 4 aromatic rings. The zero-order valence-corrected chi connectivity index (χ0v) is 22.5. The Morgan fingerprint density at radius 2 is 1.68 bits per heavy atom. The first kappa shape index (κ1) is 26.3. The number of rotatable bonds is 11.